The van der Waals surface area contributed by atoms with Crippen molar-refractivity contribution in [3.05, 3.63) is 71.4 Å². The Kier molecular flexibility index (Phi) is 7.97. The van der Waals surface area contributed by atoms with Crippen LogP contribution in [-0.2, 0) is 26.2 Å². The second kappa shape index (κ2) is 11.5. The van der Waals surface area contributed by atoms with Gasteiger partial charge in [0.2, 0.25) is 21.8 Å². The lowest BCUT2D eigenvalue weighted by Gasteiger charge is -2.43. The van der Waals surface area contributed by atoms with E-state index in [-0.39, 0.29) is 38.0 Å². The molecule has 0 atom stereocenters. The maximum Gasteiger partial charge on any atom is 0.328 e. The molecule has 12 nitrogen and oxygen atoms in total. The third-order valence-electron chi connectivity index (χ3n) is 7.94. The molecule has 5 amide bonds. The first-order chi connectivity index (χ1) is 20.0. The molecule has 220 valence electrons. The highest BCUT2D eigenvalue weighted by Crippen LogP contribution is 2.38. The van der Waals surface area contributed by atoms with Gasteiger partial charge in [-0.25, -0.2) is 17.5 Å². The van der Waals surface area contributed by atoms with E-state index in [1.165, 1.54) is 4.31 Å². The summed E-state index contributed by atoms with van der Waals surface area (Å²) in [5.74, 6) is -2.24. The van der Waals surface area contributed by atoms with E-state index in [0.717, 1.165) is 28.4 Å². The molecule has 3 aromatic rings. The molecule has 3 N–H and O–H groups in total. The Morgan fingerprint density at radius 3 is 2.33 bits per heavy atom. The predicted octanol–water partition coefficient (Wildman–Crippen LogP) is 1.88. The number of hydrogen-bond acceptors (Lipinski definition) is 8. The first-order valence-electron chi connectivity index (χ1n) is 13.5. The third kappa shape index (κ3) is 5.83. The van der Waals surface area contributed by atoms with Crippen LogP contribution in [0.15, 0.2) is 54.6 Å². The van der Waals surface area contributed by atoms with Gasteiger partial charge in [0, 0.05) is 41.8 Å². The van der Waals surface area contributed by atoms with Crippen LogP contribution in [-0.4, -0.2) is 67.3 Å². The number of urea groups is 1. The zero-order valence-corrected chi connectivity index (χ0v) is 24.0. The van der Waals surface area contributed by atoms with E-state index in [0.29, 0.717) is 12.4 Å². The Morgan fingerprint density at radius 1 is 1.05 bits per heavy atom. The number of para-hydroxylation sites is 1. The van der Waals surface area contributed by atoms with Gasteiger partial charge in [-0.05, 0) is 62.1 Å². The van der Waals surface area contributed by atoms with Gasteiger partial charge in [-0.3, -0.25) is 30.0 Å². The van der Waals surface area contributed by atoms with Crippen LogP contribution in [0.2, 0.25) is 0 Å². The van der Waals surface area contributed by atoms with Gasteiger partial charge in [0.15, 0.2) is 0 Å². The molecule has 0 spiro atoms. The highest BCUT2D eigenvalue weighted by Gasteiger charge is 2.56. The number of fused-ring (bicyclic) bond motifs is 1. The van der Waals surface area contributed by atoms with Crippen molar-refractivity contribution in [2.75, 3.05) is 25.9 Å². The number of carbonyl (C=O) groups excluding carboxylic acids is 4. The minimum atomic E-state index is -3.44. The lowest BCUT2D eigenvalue weighted by Crippen LogP contribution is -2.68. The van der Waals surface area contributed by atoms with Gasteiger partial charge in [-0.2, -0.15) is 0 Å². The lowest BCUT2D eigenvalue weighted by molar-refractivity contribution is -0.149. The molecule has 2 aliphatic heterocycles. The fourth-order valence-corrected chi connectivity index (χ4v) is 6.38. The highest BCUT2D eigenvalue weighted by atomic mass is 32.2. The van der Waals surface area contributed by atoms with Crippen LogP contribution in [0, 0.1) is 18.3 Å². The van der Waals surface area contributed by atoms with Crippen LogP contribution in [0.5, 0.6) is 5.75 Å². The number of rotatable bonds is 8. The van der Waals surface area contributed by atoms with E-state index in [1.807, 2.05) is 37.3 Å². The first-order valence-corrected chi connectivity index (χ1v) is 15.3. The standard InChI is InChI=1S/C29H31N5O7S/c1-18-21(15-20-5-3-4-6-24(20)31-18)16-41-23-9-7-19(8-10-23)25(35)30-17-29(26(36)32-28(38)33-27(29)37)22-11-13-34(14-12-22)42(2,39)40/h3-10,15,22H,11-14,16-17H2,1-2H3,(H,30,35)(H2,32,33,36,37,38). The van der Waals surface area contributed by atoms with E-state index >= 15 is 0 Å². The van der Waals surface area contributed by atoms with Crippen LogP contribution in [0.1, 0.15) is 34.5 Å². The number of aromatic nitrogens is 1. The Balaban J connectivity index is 1.25. The van der Waals surface area contributed by atoms with Crippen LogP contribution < -0.4 is 20.7 Å². The molecule has 5 rings (SSSR count). The Bertz CT molecular complexity index is 1650. The summed E-state index contributed by atoms with van der Waals surface area (Å²) in [6, 6.07) is 15.3. The summed E-state index contributed by atoms with van der Waals surface area (Å²) in [5.41, 5.74) is 1.21. The summed E-state index contributed by atoms with van der Waals surface area (Å²) < 4.78 is 31.1. The number of barbiturate groups is 1. The molecule has 0 unspecified atom stereocenters. The van der Waals surface area contributed by atoms with E-state index in [1.54, 1.807) is 24.3 Å². The van der Waals surface area contributed by atoms with Crippen LogP contribution >= 0.6 is 0 Å². The Hall–Kier alpha value is -4.36. The van der Waals surface area contributed by atoms with Gasteiger partial charge < -0.3 is 10.1 Å². The summed E-state index contributed by atoms with van der Waals surface area (Å²) in [6.45, 7) is 2.07. The van der Waals surface area contributed by atoms with Crippen molar-refractivity contribution in [2.24, 2.45) is 11.3 Å². The molecular weight excluding hydrogens is 562 g/mol. The van der Waals surface area contributed by atoms with Gasteiger partial charge in [0.1, 0.15) is 17.8 Å². The largest absolute Gasteiger partial charge is 0.489 e. The van der Waals surface area contributed by atoms with Crippen molar-refractivity contribution in [1.82, 2.24) is 25.2 Å². The van der Waals surface area contributed by atoms with Crippen LogP contribution in [0.4, 0.5) is 4.79 Å². The monoisotopic (exact) mass is 593 g/mol. The molecule has 2 fully saturated rings. The molecule has 2 aromatic carbocycles. The normalized spacial score (nSPS) is 17.9. The molecule has 0 bridgehead atoms. The van der Waals surface area contributed by atoms with E-state index < -0.39 is 45.1 Å². The number of piperidine rings is 1. The average Bonchev–Trinajstić information content (AvgIpc) is 2.95. The van der Waals surface area contributed by atoms with Crippen molar-refractivity contribution in [3.63, 3.8) is 0 Å². The van der Waals surface area contributed by atoms with E-state index in [2.05, 4.69) is 20.9 Å². The lowest BCUT2D eigenvalue weighted by atomic mass is 9.68. The molecule has 2 saturated heterocycles. The number of pyridine rings is 1. The first kappa shape index (κ1) is 29.1. The summed E-state index contributed by atoms with van der Waals surface area (Å²) >= 11 is 0. The molecule has 42 heavy (non-hydrogen) atoms. The number of benzene rings is 2. The number of nitrogens with one attached hydrogen (secondary N) is 3. The number of imide groups is 2. The molecule has 0 radical (unpaired) electrons. The van der Waals surface area contributed by atoms with Gasteiger partial charge in [-0.1, -0.05) is 18.2 Å². The number of nitrogens with zero attached hydrogens (tertiary/aromatic N) is 2. The molecule has 2 aliphatic rings. The number of carbonyl (C=O) groups is 4. The maximum atomic E-state index is 13.1. The Morgan fingerprint density at radius 2 is 1.69 bits per heavy atom. The quantitative estimate of drug-likeness (QED) is 0.333. The molecule has 3 heterocycles. The number of hydrogen-bond donors (Lipinski definition) is 3. The summed E-state index contributed by atoms with van der Waals surface area (Å²) in [6.07, 6.45) is 1.51. The van der Waals surface area contributed by atoms with Crippen LogP contribution in [0.3, 0.4) is 0 Å². The zero-order valence-electron chi connectivity index (χ0n) is 23.2. The second-order valence-electron chi connectivity index (χ2n) is 10.6. The summed E-state index contributed by atoms with van der Waals surface area (Å²) in [4.78, 5) is 55.7. The summed E-state index contributed by atoms with van der Waals surface area (Å²) in [7, 11) is -3.44. The fourth-order valence-electron chi connectivity index (χ4n) is 5.51. The minimum absolute atomic E-state index is 0.115. The van der Waals surface area contributed by atoms with Crippen LogP contribution in [0.25, 0.3) is 10.9 Å². The van der Waals surface area contributed by atoms with E-state index in [4.69, 9.17) is 4.74 Å². The van der Waals surface area contributed by atoms with Gasteiger partial charge in [0.05, 0.1) is 11.8 Å². The van der Waals surface area contributed by atoms with Crippen molar-refractivity contribution in [1.29, 1.82) is 0 Å². The SMILES string of the molecule is Cc1nc2ccccc2cc1COc1ccc(C(=O)NCC2(C3CCN(S(C)(=O)=O)CC3)C(=O)NC(=O)NC2=O)cc1. The Labute approximate surface area is 242 Å². The smallest absolute Gasteiger partial charge is 0.328 e. The zero-order chi connectivity index (χ0) is 30.1. The average molecular weight is 594 g/mol. The number of ether oxygens (including phenoxy) is 1. The molecule has 0 aliphatic carbocycles. The van der Waals surface area contributed by atoms with E-state index in [9.17, 15) is 27.6 Å². The highest BCUT2D eigenvalue weighted by molar-refractivity contribution is 7.88. The minimum Gasteiger partial charge on any atom is -0.489 e. The molecular formula is C29H31N5O7S. The fraction of sp³-hybridized carbons (Fsp3) is 0.345. The summed E-state index contributed by atoms with van der Waals surface area (Å²) in [5, 5.41) is 7.96. The van der Waals surface area contributed by atoms with Crippen molar-refractivity contribution >= 4 is 44.7 Å². The topological polar surface area (TPSA) is 164 Å². The second-order valence-corrected chi connectivity index (χ2v) is 12.5. The molecule has 0 saturated carbocycles. The molecule has 13 heteroatoms. The number of amides is 5. The van der Waals surface area contributed by atoms with Crippen molar-refractivity contribution in [3.8, 4) is 5.75 Å². The van der Waals surface area contributed by atoms with Crippen molar-refractivity contribution in [2.45, 2.75) is 26.4 Å². The number of aryl methyl sites for hydroxylation is 1. The van der Waals surface area contributed by atoms with Gasteiger partial charge in [0.25, 0.3) is 5.91 Å². The van der Waals surface area contributed by atoms with Gasteiger partial charge >= 0.3 is 6.03 Å². The maximum absolute atomic E-state index is 13.1. The van der Waals surface area contributed by atoms with Crippen molar-refractivity contribution < 1.29 is 32.3 Å². The van der Waals surface area contributed by atoms with Gasteiger partial charge in [-0.15, -0.1) is 0 Å². The number of sulfonamides is 1. The third-order valence-corrected chi connectivity index (χ3v) is 9.25. The predicted molar refractivity (Wildman–Crippen MR) is 153 cm³/mol. The molecule has 1 aromatic heterocycles.